The van der Waals surface area contributed by atoms with Crippen LogP contribution in [0.25, 0.3) is 22.2 Å². The summed E-state index contributed by atoms with van der Waals surface area (Å²) in [6, 6.07) is 8.61. The lowest BCUT2D eigenvalue weighted by Crippen LogP contribution is -1.89. The van der Waals surface area contributed by atoms with E-state index in [0.717, 1.165) is 0 Å². The Hall–Kier alpha value is -3.02. The molecule has 6 heteroatoms. The van der Waals surface area contributed by atoms with E-state index in [4.69, 9.17) is 0 Å². The highest BCUT2D eigenvalue weighted by molar-refractivity contribution is 6.06. The van der Waals surface area contributed by atoms with Crippen molar-refractivity contribution in [3.63, 3.8) is 0 Å². The van der Waals surface area contributed by atoms with Crippen LogP contribution in [0.15, 0.2) is 36.4 Å². The van der Waals surface area contributed by atoms with Crippen LogP contribution in [-0.4, -0.2) is 16.2 Å². The monoisotopic (exact) mass is 298 g/mol. The Balaban J connectivity index is 2.35. The van der Waals surface area contributed by atoms with Crippen molar-refractivity contribution in [1.29, 1.82) is 0 Å². The van der Waals surface area contributed by atoms with Crippen LogP contribution in [0.4, 0.5) is 10.1 Å². The van der Waals surface area contributed by atoms with Gasteiger partial charge in [-0.25, -0.2) is 4.39 Å². The van der Waals surface area contributed by atoms with Crippen molar-refractivity contribution in [2.75, 3.05) is 0 Å². The van der Waals surface area contributed by atoms with E-state index in [1.807, 2.05) is 0 Å². The van der Waals surface area contributed by atoms with Gasteiger partial charge < -0.3 is 4.98 Å². The second-order valence-electron chi connectivity index (χ2n) is 4.98. The number of rotatable bonds is 3. The first kappa shape index (κ1) is 13.9. The van der Waals surface area contributed by atoms with Gasteiger partial charge >= 0.3 is 0 Å². The van der Waals surface area contributed by atoms with Crippen LogP contribution < -0.4 is 0 Å². The first-order valence-corrected chi connectivity index (χ1v) is 6.53. The van der Waals surface area contributed by atoms with E-state index >= 15 is 0 Å². The molecule has 0 unspecified atom stereocenters. The van der Waals surface area contributed by atoms with Crippen LogP contribution in [0.2, 0.25) is 0 Å². The largest absolute Gasteiger partial charge is 0.354 e. The average Bonchev–Trinajstić information content (AvgIpc) is 2.86. The maximum Gasteiger partial charge on any atom is 0.270 e. The number of nitrogens with one attached hydrogen (secondary N) is 1. The summed E-state index contributed by atoms with van der Waals surface area (Å²) >= 11 is 0. The summed E-state index contributed by atoms with van der Waals surface area (Å²) in [5.41, 5.74) is 2.45. The molecule has 0 atom stereocenters. The molecule has 0 spiro atoms. The molecule has 0 aliphatic rings. The first-order valence-electron chi connectivity index (χ1n) is 6.53. The van der Waals surface area contributed by atoms with Crippen molar-refractivity contribution in [1.82, 2.24) is 4.98 Å². The molecule has 0 amide bonds. The maximum atomic E-state index is 13.4. The molecular formula is C16H11FN2O3. The standard InChI is InChI=1S/C16H11FN2O3/c1-9-5-12(19(21)22)7-13-14(8-20)16(18-15(9)13)10-3-2-4-11(17)6-10/h2-8,18H,1H3. The van der Waals surface area contributed by atoms with Gasteiger partial charge in [-0.3, -0.25) is 14.9 Å². The predicted molar refractivity (Wildman–Crippen MR) is 80.5 cm³/mol. The fourth-order valence-corrected chi connectivity index (χ4v) is 2.57. The molecule has 0 bridgehead atoms. The van der Waals surface area contributed by atoms with E-state index in [9.17, 15) is 19.3 Å². The summed E-state index contributed by atoms with van der Waals surface area (Å²) in [4.78, 5) is 25.0. The number of fused-ring (bicyclic) bond motifs is 1. The third kappa shape index (κ3) is 2.14. The van der Waals surface area contributed by atoms with Gasteiger partial charge in [0.15, 0.2) is 6.29 Å². The molecule has 0 saturated carbocycles. The smallest absolute Gasteiger partial charge is 0.270 e. The normalized spacial score (nSPS) is 10.8. The van der Waals surface area contributed by atoms with E-state index in [-0.39, 0.29) is 11.3 Å². The number of halogens is 1. The number of aromatic amines is 1. The molecule has 3 rings (SSSR count). The zero-order chi connectivity index (χ0) is 15.9. The predicted octanol–water partition coefficient (Wildman–Crippen LogP) is 4.00. The van der Waals surface area contributed by atoms with Crippen molar-refractivity contribution < 1.29 is 14.1 Å². The molecule has 1 N–H and O–H groups in total. The van der Waals surface area contributed by atoms with Crippen LogP contribution in [-0.2, 0) is 0 Å². The Labute approximate surface area is 124 Å². The quantitative estimate of drug-likeness (QED) is 0.451. The molecular weight excluding hydrogens is 287 g/mol. The number of aldehydes is 1. The molecule has 0 aliphatic carbocycles. The number of nitro benzene ring substituents is 1. The zero-order valence-corrected chi connectivity index (χ0v) is 11.6. The molecule has 0 radical (unpaired) electrons. The Bertz CT molecular complexity index is 915. The van der Waals surface area contributed by atoms with Crippen molar-refractivity contribution in [3.05, 3.63) is 63.5 Å². The fourth-order valence-electron chi connectivity index (χ4n) is 2.57. The topological polar surface area (TPSA) is 76.0 Å². The summed E-state index contributed by atoms with van der Waals surface area (Å²) in [6.45, 7) is 1.72. The van der Waals surface area contributed by atoms with Gasteiger partial charge in [-0.15, -0.1) is 0 Å². The molecule has 0 fully saturated rings. The van der Waals surface area contributed by atoms with E-state index in [2.05, 4.69) is 4.98 Å². The van der Waals surface area contributed by atoms with Crippen molar-refractivity contribution in [2.24, 2.45) is 0 Å². The van der Waals surface area contributed by atoms with Crippen LogP contribution in [0, 0.1) is 22.9 Å². The maximum absolute atomic E-state index is 13.4. The second-order valence-corrected chi connectivity index (χ2v) is 4.98. The molecule has 1 aromatic heterocycles. The van der Waals surface area contributed by atoms with E-state index in [0.29, 0.717) is 34.0 Å². The van der Waals surface area contributed by atoms with Crippen molar-refractivity contribution >= 4 is 22.9 Å². The van der Waals surface area contributed by atoms with Gasteiger partial charge in [-0.2, -0.15) is 0 Å². The van der Waals surface area contributed by atoms with E-state index in [1.54, 1.807) is 19.1 Å². The Morgan fingerprint density at radius 1 is 1.27 bits per heavy atom. The van der Waals surface area contributed by atoms with Gasteiger partial charge in [0, 0.05) is 28.6 Å². The summed E-state index contributed by atoms with van der Waals surface area (Å²) in [5, 5.41) is 11.4. The molecule has 2 aromatic carbocycles. The first-order chi connectivity index (χ1) is 10.5. The van der Waals surface area contributed by atoms with Gasteiger partial charge in [-0.05, 0) is 24.6 Å². The van der Waals surface area contributed by atoms with Crippen molar-refractivity contribution in [3.8, 4) is 11.3 Å². The summed E-state index contributed by atoms with van der Waals surface area (Å²) in [5.74, 6) is -0.421. The van der Waals surface area contributed by atoms with Crippen LogP contribution in [0.1, 0.15) is 15.9 Å². The van der Waals surface area contributed by atoms with E-state index in [1.165, 1.54) is 24.3 Å². The van der Waals surface area contributed by atoms with Gasteiger partial charge in [-0.1, -0.05) is 12.1 Å². The van der Waals surface area contributed by atoms with Gasteiger partial charge in [0.2, 0.25) is 0 Å². The highest BCUT2D eigenvalue weighted by Gasteiger charge is 2.18. The van der Waals surface area contributed by atoms with Gasteiger partial charge in [0.25, 0.3) is 5.69 Å². The number of nitro groups is 1. The molecule has 5 nitrogen and oxygen atoms in total. The average molecular weight is 298 g/mol. The minimum Gasteiger partial charge on any atom is -0.354 e. The molecule has 0 aliphatic heterocycles. The Morgan fingerprint density at radius 2 is 2.05 bits per heavy atom. The molecule has 110 valence electrons. The number of H-pyrrole nitrogens is 1. The minimum absolute atomic E-state index is 0.0853. The highest BCUT2D eigenvalue weighted by atomic mass is 19.1. The zero-order valence-electron chi connectivity index (χ0n) is 11.6. The Morgan fingerprint density at radius 3 is 2.68 bits per heavy atom. The third-order valence-electron chi connectivity index (χ3n) is 3.57. The molecule has 1 heterocycles. The molecule has 22 heavy (non-hydrogen) atoms. The number of aryl methyl sites for hydroxylation is 1. The number of hydrogen-bond acceptors (Lipinski definition) is 3. The summed E-state index contributed by atoms with van der Waals surface area (Å²) in [6.07, 6.45) is 0.627. The minimum atomic E-state index is -0.504. The SMILES string of the molecule is Cc1cc([N+](=O)[O-])cc2c(C=O)c(-c3cccc(F)c3)[nH]c12. The van der Waals surface area contributed by atoms with Crippen LogP contribution >= 0.6 is 0 Å². The lowest BCUT2D eigenvalue weighted by molar-refractivity contribution is -0.384. The van der Waals surface area contributed by atoms with Crippen LogP contribution in [0.3, 0.4) is 0 Å². The molecule has 3 aromatic rings. The highest BCUT2D eigenvalue weighted by Crippen LogP contribution is 2.33. The fraction of sp³-hybridized carbons (Fsp3) is 0.0625. The van der Waals surface area contributed by atoms with Gasteiger partial charge in [0.05, 0.1) is 16.1 Å². The summed E-state index contributed by atoms with van der Waals surface area (Å²) < 4.78 is 13.4. The summed E-state index contributed by atoms with van der Waals surface area (Å²) in [7, 11) is 0. The number of hydrogen-bond donors (Lipinski definition) is 1. The van der Waals surface area contributed by atoms with Crippen molar-refractivity contribution in [2.45, 2.75) is 6.92 Å². The van der Waals surface area contributed by atoms with Crippen LogP contribution in [0.5, 0.6) is 0 Å². The number of non-ortho nitro benzene ring substituents is 1. The third-order valence-corrected chi connectivity index (χ3v) is 3.57. The number of carbonyl (C=O) groups is 1. The molecule has 0 saturated heterocycles. The van der Waals surface area contributed by atoms with Gasteiger partial charge in [0.1, 0.15) is 5.82 Å². The Kier molecular flexibility index (Phi) is 3.21. The lowest BCUT2D eigenvalue weighted by atomic mass is 10.0. The number of nitrogens with zero attached hydrogens (tertiary/aromatic N) is 1. The van der Waals surface area contributed by atoms with E-state index < -0.39 is 10.7 Å². The number of benzene rings is 2. The number of aromatic nitrogens is 1. The lowest BCUT2D eigenvalue weighted by Gasteiger charge is -1.99. The number of carbonyl (C=O) groups excluding carboxylic acids is 1. The second kappa shape index (κ2) is 5.07.